The smallest absolute Gasteiger partial charge is 0.412 e. The highest BCUT2D eigenvalue weighted by atomic mass is 35.5. The molecule has 0 unspecified atom stereocenters. The molecule has 1 amide bonds. The fraction of sp³-hybridized carbons (Fsp3) is 0.393. The van der Waals surface area contributed by atoms with Crippen molar-refractivity contribution in [2.24, 2.45) is 0 Å². The van der Waals surface area contributed by atoms with Crippen LogP contribution in [0.4, 0.5) is 45.0 Å². The van der Waals surface area contributed by atoms with E-state index < -0.39 is 21.5 Å². The first-order valence-electron chi connectivity index (χ1n) is 13.4. The summed E-state index contributed by atoms with van der Waals surface area (Å²) in [5.41, 5.74) is 8.14. The zero-order chi connectivity index (χ0) is 31.5. The van der Waals surface area contributed by atoms with Gasteiger partial charge < -0.3 is 35.6 Å². The van der Waals surface area contributed by atoms with Gasteiger partial charge in [0.2, 0.25) is 5.95 Å². The lowest BCUT2D eigenvalue weighted by molar-refractivity contribution is 0.0636. The van der Waals surface area contributed by atoms with Crippen LogP contribution >= 0.6 is 11.6 Å². The molecule has 1 aliphatic rings. The highest BCUT2D eigenvalue weighted by Crippen LogP contribution is 2.37. The van der Waals surface area contributed by atoms with Gasteiger partial charge in [-0.05, 0) is 52.1 Å². The number of rotatable bonds is 8. The number of carbonyl (C=O) groups is 1. The number of nitrogens with one attached hydrogen (secondary N) is 3. The first-order chi connectivity index (χ1) is 20.1. The van der Waals surface area contributed by atoms with E-state index in [1.54, 1.807) is 33.9 Å². The number of ether oxygens (including phenoxy) is 2. The SMILES string of the molecule is COc1cc(N2CCN(C)CC2)c(N)cc1Nc1ncc(Cl)c(Nc2cc(NC(=O)OC(C)(C)C)ccc2S(C)(=O)=O)n1. The Bertz CT molecular complexity index is 1610. The number of likely N-dealkylation sites (N-methyl/N-ethyl adjacent to an activating group) is 1. The van der Waals surface area contributed by atoms with Crippen LogP contribution in [0.15, 0.2) is 41.4 Å². The zero-order valence-electron chi connectivity index (χ0n) is 25.0. The lowest BCUT2D eigenvalue weighted by Gasteiger charge is -2.35. The Balaban J connectivity index is 1.61. The van der Waals surface area contributed by atoms with Gasteiger partial charge in [-0.3, -0.25) is 5.32 Å². The van der Waals surface area contributed by atoms with E-state index in [-0.39, 0.29) is 27.4 Å². The molecule has 0 radical (unpaired) electrons. The molecule has 0 spiro atoms. The van der Waals surface area contributed by atoms with Crippen LogP contribution in [0.2, 0.25) is 5.02 Å². The van der Waals surface area contributed by atoms with Crippen molar-refractivity contribution in [2.75, 3.05) is 73.2 Å². The molecule has 1 aromatic heterocycles. The van der Waals surface area contributed by atoms with Gasteiger partial charge in [-0.2, -0.15) is 4.98 Å². The minimum atomic E-state index is -3.68. The topological polar surface area (TPSA) is 164 Å². The van der Waals surface area contributed by atoms with Gasteiger partial charge in [-0.15, -0.1) is 0 Å². The standard InChI is InChI=1S/C28H37ClN8O5S/c1-28(2,3)42-27(38)32-17-7-8-24(43(6,39)40)21(13-17)33-25-18(29)16-31-26(35-25)34-20-14-19(30)22(15-23(20)41-5)37-11-9-36(4)10-12-37/h7-8,13-16H,9-12,30H2,1-6H3,(H,32,38)(H2,31,33,34,35). The Morgan fingerprint density at radius 3 is 2.40 bits per heavy atom. The van der Waals surface area contributed by atoms with Crippen LogP contribution in [0.3, 0.4) is 0 Å². The van der Waals surface area contributed by atoms with Crippen LogP contribution in [0, 0.1) is 0 Å². The molecule has 43 heavy (non-hydrogen) atoms. The average Bonchev–Trinajstić information content (AvgIpc) is 2.90. The fourth-order valence-electron chi connectivity index (χ4n) is 4.39. The number of hydrogen-bond donors (Lipinski definition) is 4. The third kappa shape index (κ3) is 8.30. The molecule has 0 saturated carbocycles. The molecule has 0 aliphatic carbocycles. The number of nitrogens with two attached hydrogens (primary N) is 1. The highest BCUT2D eigenvalue weighted by Gasteiger charge is 2.21. The number of amides is 1. The molecule has 0 bridgehead atoms. The van der Waals surface area contributed by atoms with E-state index in [4.69, 9.17) is 26.8 Å². The molecule has 1 saturated heterocycles. The van der Waals surface area contributed by atoms with E-state index in [1.807, 2.05) is 6.07 Å². The van der Waals surface area contributed by atoms with Gasteiger partial charge in [0.05, 0.1) is 41.0 Å². The van der Waals surface area contributed by atoms with Crippen molar-refractivity contribution >= 4 is 67.7 Å². The number of halogens is 1. The Morgan fingerprint density at radius 1 is 1.07 bits per heavy atom. The summed E-state index contributed by atoms with van der Waals surface area (Å²) in [5, 5.41) is 8.82. The molecular formula is C28H37ClN8O5S. The summed E-state index contributed by atoms with van der Waals surface area (Å²) >= 11 is 6.41. The van der Waals surface area contributed by atoms with Crippen molar-refractivity contribution < 1.29 is 22.7 Å². The van der Waals surface area contributed by atoms with Crippen molar-refractivity contribution in [1.82, 2.24) is 14.9 Å². The largest absolute Gasteiger partial charge is 0.494 e. The van der Waals surface area contributed by atoms with E-state index >= 15 is 0 Å². The number of nitrogens with zero attached hydrogens (tertiary/aromatic N) is 4. The molecule has 3 aromatic rings. The van der Waals surface area contributed by atoms with Crippen LogP contribution in [0.25, 0.3) is 0 Å². The van der Waals surface area contributed by atoms with Crippen molar-refractivity contribution in [2.45, 2.75) is 31.3 Å². The number of hydrogen-bond acceptors (Lipinski definition) is 12. The van der Waals surface area contributed by atoms with Crippen LogP contribution in [0.1, 0.15) is 20.8 Å². The summed E-state index contributed by atoms with van der Waals surface area (Å²) < 4.78 is 36.1. The van der Waals surface area contributed by atoms with Gasteiger partial charge in [0.25, 0.3) is 0 Å². The second kappa shape index (κ2) is 12.7. The monoisotopic (exact) mass is 632 g/mol. The van der Waals surface area contributed by atoms with E-state index in [2.05, 4.69) is 42.8 Å². The Hall–Kier alpha value is -4.01. The predicted molar refractivity (Wildman–Crippen MR) is 170 cm³/mol. The van der Waals surface area contributed by atoms with Gasteiger partial charge in [-0.25, -0.2) is 18.2 Å². The van der Waals surface area contributed by atoms with Gasteiger partial charge in [0, 0.05) is 44.2 Å². The van der Waals surface area contributed by atoms with Gasteiger partial charge >= 0.3 is 6.09 Å². The molecular weight excluding hydrogens is 596 g/mol. The second-order valence-corrected chi connectivity index (χ2v) is 13.5. The van der Waals surface area contributed by atoms with Crippen LogP contribution in [0.5, 0.6) is 5.75 Å². The first-order valence-corrected chi connectivity index (χ1v) is 15.7. The molecule has 2 aromatic carbocycles. The molecule has 232 valence electrons. The second-order valence-electron chi connectivity index (χ2n) is 11.2. The van der Waals surface area contributed by atoms with Crippen LogP contribution in [-0.2, 0) is 14.6 Å². The number of anilines is 7. The number of aromatic nitrogens is 2. The Kier molecular flexibility index (Phi) is 9.42. The molecule has 15 heteroatoms. The quantitative estimate of drug-likeness (QED) is 0.253. The third-order valence-electron chi connectivity index (χ3n) is 6.46. The van der Waals surface area contributed by atoms with Crippen molar-refractivity contribution in [1.29, 1.82) is 0 Å². The summed E-state index contributed by atoms with van der Waals surface area (Å²) in [5.74, 6) is 0.817. The van der Waals surface area contributed by atoms with E-state index in [0.29, 0.717) is 22.8 Å². The van der Waals surface area contributed by atoms with Gasteiger partial charge in [-0.1, -0.05) is 11.6 Å². The maximum absolute atomic E-state index is 12.6. The van der Waals surface area contributed by atoms with Crippen molar-refractivity contribution in [3.05, 3.63) is 41.6 Å². The molecule has 0 atom stereocenters. The number of carbonyl (C=O) groups excluding carboxylic acids is 1. The molecule has 5 N–H and O–H groups in total. The molecule has 1 aliphatic heterocycles. The van der Waals surface area contributed by atoms with Crippen LogP contribution < -0.4 is 31.3 Å². The van der Waals surface area contributed by atoms with Gasteiger partial charge in [0.15, 0.2) is 15.7 Å². The predicted octanol–water partition coefficient (Wildman–Crippen LogP) is 4.71. The van der Waals surface area contributed by atoms with E-state index in [0.717, 1.165) is 38.1 Å². The number of benzene rings is 2. The van der Waals surface area contributed by atoms with E-state index in [1.165, 1.54) is 24.4 Å². The molecule has 13 nitrogen and oxygen atoms in total. The average molecular weight is 633 g/mol. The summed E-state index contributed by atoms with van der Waals surface area (Å²) in [6, 6.07) is 7.91. The number of sulfone groups is 1. The van der Waals surface area contributed by atoms with Crippen LogP contribution in [-0.4, -0.2) is 81.6 Å². The fourth-order valence-corrected chi connectivity index (χ4v) is 5.35. The zero-order valence-corrected chi connectivity index (χ0v) is 26.6. The molecule has 4 rings (SSSR count). The van der Waals surface area contributed by atoms with Crippen molar-refractivity contribution in [3.8, 4) is 5.75 Å². The lowest BCUT2D eigenvalue weighted by atomic mass is 10.2. The van der Waals surface area contributed by atoms with Gasteiger partial charge in [0.1, 0.15) is 16.4 Å². The molecule has 1 fully saturated rings. The van der Waals surface area contributed by atoms with E-state index in [9.17, 15) is 13.2 Å². The normalized spacial score (nSPS) is 14.3. The highest BCUT2D eigenvalue weighted by molar-refractivity contribution is 7.90. The number of piperazine rings is 1. The molecule has 2 heterocycles. The van der Waals surface area contributed by atoms with Crippen molar-refractivity contribution in [3.63, 3.8) is 0 Å². The minimum absolute atomic E-state index is 0.0274. The number of methoxy groups -OCH3 is 1. The first kappa shape index (κ1) is 31.9. The summed E-state index contributed by atoms with van der Waals surface area (Å²) in [6.45, 7) is 8.75. The third-order valence-corrected chi connectivity index (χ3v) is 7.89. The Labute approximate surface area is 256 Å². The maximum Gasteiger partial charge on any atom is 0.412 e. The number of nitrogen functional groups attached to an aromatic ring is 1. The Morgan fingerprint density at radius 2 is 1.77 bits per heavy atom. The minimum Gasteiger partial charge on any atom is -0.494 e. The summed E-state index contributed by atoms with van der Waals surface area (Å²) in [7, 11) is -0.0279. The maximum atomic E-state index is 12.6. The lowest BCUT2D eigenvalue weighted by Crippen LogP contribution is -2.44. The summed E-state index contributed by atoms with van der Waals surface area (Å²) in [6.07, 6.45) is 1.76. The summed E-state index contributed by atoms with van der Waals surface area (Å²) in [4.78, 5) is 25.5.